The van der Waals surface area contributed by atoms with Gasteiger partial charge in [-0.25, -0.2) is 0 Å². The molecule has 1 heterocycles. The fraction of sp³-hybridized carbons (Fsp3) is 0.188. The van der Waals surface area contributed by atoms with Gasteiger partial charge in [0.15, 0.2) is 0 Å². The van der Waals surface area contributed by atoms with E-state index < -0.39 is 22.7 Å². The van der Waals surface area contributed by atoms with Crippen LogP contribution in [0.4, 0.5) is 5.69 Å². The summed E-state index contributed by atoms with van der Waals surface area (Å²) in [6.45, 7) is -0.224. The Labute approximate surface area is 135 Å². The quantitative estimate of drug-likeness (QED) is 0.519. The molecule has 0 aromatic heterocycles. The number of aliphatic carboxylic acids is 1. The molecule has 0 aliphatic carbocycles. The van der Waals surface area contributed by atoms with Crippen LogP contribution in [-0.4, -0.2) is 39.3 Å². The summed E-state index contributed by atoms with van der Waals surface area (Å²) in [4.78, 5) is 47.1. The molecule has 8 nitrogen and oxygen atoms in total. The number of imide groups is 1. The number of carboxylic acids is 1. The van der Waals surface area contributed by atoms with Gasteiger partial charge in [-0.15, -0.1) is 0 Å². The number of nitro benzene ring substituents is 1. The van der Waals surface area contributed by atoms with Crippen molar-refractivity contribution < 1.29 is 24.4 Å². The monoisotopic (exact) mass is 328 g/mol. The fourth-order valence-electron chi connectivity index (χ4n) is 2.90. The van der Waals surface area contributed by atoms with E-state index in [4.69, 9.17) is 5.11 Å². The smallest absolute Gasteiger partial charge is 0.305 e. The highest BCUT2D eigenvalue weighted by Gasteiger charge is 2.34. The molecule has 0 fully saturated rings. The zero-order valence-electron chi connectivity index (χ0n) is 12.4. The normalized spacial score (nSPS) is 13.9. The lowest BCUT2D eigenvalue weighted by Gasteiger charge is -2.27. The lowest BCUT2D eigenvalue weighted by atomic mass is 9.91. The van der Waals surface area contributed by atoms with E-state index in [2.05, 4.69) is 0 Å². The van der Waals surface area contributed by atoms with Gasteiger partial charge in [0.25, 0.3) is 11.6 Å². The van der Waals surface area contributed by atoms with Gasteiger partial charge < -0.3 is 5.11 Å². The maximum atomic E-state index is 12.7. The highest BCUT2D eigenvalue weighted by molar-refractivity contribution is 6.18. The Hall–Kier alpha value is -3.29. The van der Waals surface area contributed by atoms with Crippen molar-refractivity contribution in [3.8, 4) is 0 Å². The van der Waals surface area contributed by atoms with Gasteiger partial charge in [0.05, 0.1) is 28.7 Å². The number of rotatable bonds is 4. The summed E-state index contributed by atoms with van der Waals surface area (Å²) in [5.41, 5.74) is 0.354. The minimum atomic E-state index is -1.12. The van der Waals surface area contributed by atoms with E-state index >= 15 is 0 Å². The van der Waals surface area contributed by atoms with Crippen LogP contribution in [0.1, 0.15) is 22.3 Å². The van der Waals surface area contributed by atoms with Crippen LogP contribution in [0.15, 0.2) is 30.3 Å². The highest BCUT2D eigenvalue weighted by Crippen LogP contribution is 2.34. The topological polar surface area (TPSA) is 118 Å². The lowest BCUT2D eigenvalue weighted by Crippen LogP contribution is -2.43. The Morgan fingerprint density at radius 3 is 2.54 bits per heavy atom. The third-order valence-corrected chi connectivity index (χ3v) is 3.95. The number of hydrogen-bond acceptors (Lipinski definition) is 5. The van der Waals surface area contributed by atoms with Crippen LogP contribution in [0.2, 0.25) is 0 Å². The second-order valence-corrected chi connectivity index (χ2v) is 5.40. The molecule has 0 bridgehead atoms. The molecule has 24 heavy (non-hydrogen) atoms. The molecule has 8 heteroatoms. The van der Waals surface area contributed by atoms with E-state index in [-0.39, 0.29) is 30.6 Å². The second-order valence-electron chi connectivity index (χ2n) is 5.40. The molecule has 0 unspecified atom stereocenters. The van der Waals surface area contributed by atoms with Crippen LogP contribution < -0.4 is 0 Å². The summed E-state index contributed by atoms with van der Waals surface area (Å²) in [5, 5.41) is 20.7. The number of nitrogens with zero attached hydrogens (tertiary/aromatic N) is 2. The molecule has 0 spiro atoms. The SMILES string of the molecule is O=C(O)CCN1C(=O)Cc2cc([N+](=O)[O-])c3ccccc3c2C1=O. The number of carbonyl (C=O) groups is 3. The fourth-order valence-corrected chi connectivity index (χ4v) is 2.90. The largest absolute Gasteiger partial charge is 0.481 e. The molecule has 122 valence electrons. The van der Waals surface area contributed by atoms with Crippen LogP contribution in [0, 0.1) is 10.1 Å². The molecule has 2 amide bonds. The molecule has 1 aliphatic heterocycles. The summed E-state index contributed by atoms with van der Waals surface area (Å²) in [5.74, 6) is -2.29. The average Bonchev–Trinajstić information content (AvgIpc) is 2.52. The first-order chi connectivity index (χ1) is 11.4. The highest BCUT2D eigenvalue weighted by atomic mass is 16.6. The van der Waals surface area contributed by atoms with Crippen LogP contribution >= 0.6 is 0 Å². The van der Waals surface area contributed by atoms with E-state index in [0.29, 0.717) is 16.3 Å². The Morgan fingerprint density at radius 2 is 1.92 bits per heavy atom. The number of hydrogen-bond donors (Lipinski definition) is 1. The number of non-ortho nitro benzene ring substituents is 1. The summed E-state index contributed by atoms with van der Waals surface area (Å²) in [7, 11) is 0. The molecular formula is C16H12N2O6. The first-order valence-corrected chi connectivity index (χ1v) is 7.15. The number of nitro groups is 1. The maximum absolute atomic E-state index is 12.7. The number of carboxylic acid groups (broad SMARTS) is 1. The van der Waals surface area contributed by atoms with Crippen molar-refractivity contribution in [2.24, 2.45) is 0 Å². The van der Waals surface area contributed by atoms with E-state index in [1.54, 1.807) is 24.3 Å². The zero-order valence-corrected chi connectivity index (χ0v) is 12.4. The Kier molecular flexibility index (Phi) is 3.72. The third kappa shape index (κ3) is 2.47. The van der Waals surface area contributed by atoms with Gasteiger partial charge in [-0.2, -0.15) is 0 Å². The van der Waals surface area contributed by atoms with Crippen molar-refractivity contribution in [2.45, 2.75) is 12.8 Å². The van der Waals surface area contributed by atoms with Gasteiger partial charge >= 0.3 is 5.97 Å². The summed E-state index contributed by atoms with van der Waals surface area (Å²) < 4.78 is 0. The first kappa shape index (κ1) is 15.6. The molecular weight excluding hydrogens is 316 g/mol. The average molecular weight is 328 g/mol. The van der Waals surface area contributed by atoms with Crippen molar-refractivity contribution in [3.05, 3.63) is 51.6 Å². The molecule has 0 saturated carbocycles. The van der Waals surface area contributed by atoms with Crippen molar-refractivity contribution in [2.75, 3.05) is 6.54 Å². The standard InChI is InChI=1S/C16H12N2O6/c19-13-8-9-7-12(18(23)24)10-3-1-2-4-11(10)15(9)16(22)17(13)6-5-14(20)21/h1-4,7H,5-6,8H2,(H,20,21). The Morgan fingerprint density at radius 1 is 1.25 bits per heavy atom. The molecule has 3 rings (SSSR count). The molecule has 0 saturated heterocycles. The Balaban J connectivity index is 2.18. The third-order valence-electron chi connectivity index (χ3n) is 3.95. The van der Waals surface area contributed by atoms with Crippen LogP contribution in [0.5, 0.6) is 0 Å². The maximum Gasteiger partial charge on any atom is 0.305 e. The van der Waals surface area contributed by atoms with Gasteiger partial charge in [-0.3, -0.25) is 29.4 Å². The van der Waals surface area contributed by atoms with Crippen molar-refractivity contribution >= 4 is 34.2 Å². The van der Waals surface area contributed by atoms with Crippen LogP contribution in [0.25, 0.3) is 10.8 Å². The van der Waals surface area contributed by atoms with E-state index in [1.807, 2.05) is 0 Å². The number of carbonyl (C=O) groups excluding carboxylic acids is 2. The Bertz CT molecular complexity index is 905. The van der Waals surface area contributed by atoms with Crippen molar-refractivity contribution in [1.29, 1.82) is 0 Å². The van der Waals surface area contributed by atoms with E-state index in [0.717, 1.165) is 4.90 Å². The molecule has 1 aliphatic rings. The number of fused-ring (bicyclic) bond motifs is 3. The number of amides is 2. The van der Waals surface area contributed by atoms with E-state index in [9.17, 15) is 24.5 Å². The lowest BCUT2D eigenvalue weighted by molar-refractivity contribution is -0.383. The molecule has 0 radical (unpaired) electrons. The van der Waals surface area contributed by atoms with Gasteiger partial charge in [-0.1, -0.05) is 18.2 Å². The minimum Gasteiger partial charge on any atom is -0.481 e. The van der Waals surface area contributed by atoms with Gasteiger partial charge in [0.2, 0.25) is 5.91 Å². The predicted octanol–water partition coefficient (Wildman–Crippen LogP) is 1.75. The van der Waals surface area contributed by atoms with E-state index in [1.165, 1.54) is 6.07 Å². The van der Waals surface area contributed by atoms with Crippen molar-refractivity contribution in [1.82, 2.24) is 4.90 Å². The van der Waals surface area contributed by atoms with Gasteiger partial charge in [0, 0.05) is 18.0 Å². The molecule has 2 aromatic rings. The molecule has 0 atom stereocenters. The van der Waals surface area contributed by atoms with Crippen LogP contribution in [-0.2, 0) is 16.0 Å². The van der Waals surface area contributed by atoms with Gasteiger partial charge in [-0.05, 0) is 11.6 Å². The number of benzene rings is 2. The minimum absolute atomic E-state index is 0.163. The van der Waals surface area contributed by atoms with Crippen LogP contribution in [0.3, 0.4) is 0 Å². The second kappa shape index (κ2) is 5.73. The van der Waals surface area contributed by atoms with Crippen molar-refractivity contribution in [3.63, 3.8) is 0 Å². The molecule has 2 aromatic carbocycles. The predicted molar refractivity (Wildman–Crippen MR) is 82.6 cm³/mol. The zero-order chi connectivity index (χ0) is 17.4. The molecule has 1 N–H and O–H groups in total. The summed E-state index contributed by atoms with van der Waals surface area (Å²) in [6.07, 6.45) is -0.524. The summed E-state index contributed by atoms with van der Waals surface area (Å²) >= 11 is 0. The first-order valence-electron chi connectivity index (χ1n) is 7.15. The summed E-state index contributed by atoms with van der Waals surface area (Å²) in [6, 6.07) is 7.66. The van der Waals surface area contributed by atoms with Gasteiger partial charge in [0.1, 0.15) is 0 Å².